The Balaban J connectivity index is 1.42. The predicted octanol–water partition coefficient (Wildman–Crippen LogP) is 3.60. The van der Waals surface area contributed by atoms with E-state index in [0.717, 1.165) is 51.0 Å². The van der Waals surface area contributed by atoms with E-state index in [2.05, 4.69) is 33.9 Å². The van der Waals surface area contributed by atoms with Crippen LogP contribution in [0.1, 0.15) is 24.0 Å². The molecule has 3 rings (SSSR count). The van der Waals surface area contributed by atoms with Crippen molar-refractivity contribution in [3.05, 3.63) is 64.4 Å². The van der Waals surface area contributed by atoms with E-state index >= 15 is 0 Å². The predicted molar refractivity (Wildman–Crippen MR) is 101 cm³/mol. The van der Waals surface area contributed by atoms with Crippen LogP contribution in [-0.4, -0.2) is 33.0 Å². The van der Waals surface area contributed by atoms with Gasteiger partial charge in [-0.15, -0.1) is 0 Å². The van der Waals surface area contributed by atoms with E-state index in [1.807, 2.05) is 0 Å². The molecule has 0 radical (unpaired) electrons. The first-order chi connectivity index (χ1) is 12.5. The highest BCUT2D eigenvalue weighted by molar-refractivity contribution is 7.89. The van der Waals surface area contributed by atoms with Crippen molar-refractivity contribution in [2.24, 2.45) is 0 Å². The quantitative estimate of drug-likeness (QED) is 0.727. The third kappa shape index (κ3) is 4.82. The van der Waals surface area contributed by atoms with E-state index in [-0.39, 0.29) is 9.92 Å². The Labute approximate surface area is 159 Å². The second-order valence-corrected chi connectivity index (χ2v) is 8.65. The van der Waals surface area contributed by atoms with Gasteiger partial charge in [0.2, 0.25) is 10.0 Å². The van der Waals surface area contributed by atoms with Gasteiger partial charge in [-0.1, -0.05) is 35.9 Å². The topological polar surface area (TPSA) is 49.4 Å². The van der Waals surface area contributed by atoms with Crippen LogP contribution in [0.5, 0.6) is 0 Å². The van der Waals surface area contributed by atoms with Gasteiger partial charge in [0.25, 0.3) is 0 Å². The number of nitrogens with one attached hydrogen (secondary N) is 1. The van der Waals surface area contributed by atoms with Crippen LogP contribution in [0.25, 0.3) is 0 Å². The average Bonchev–Trinajstić information content (AvgIpc) is 2.63. The minimum absolute atomic E-state index is 0.0171. The van der Waals surface area contributed by atoms with Crippen LogP contribution in [0, 0.1) is 5.82 Å². The van der Waals surface area contributed by atoms with Crippen LogP contribution < -0.4 is 4.72 Å². The SMILES string of the molecule is O=S(=O)(NCCCCN1CCc2ccccc2C1)c1ccc(F)c(Cl)c1. The first-order valence-electron chi connectivity index (χ1n) is 8.69. The van der Waals surface area contributed by atoms with Gasteiger partial charge in [0, 0.05) is 19.6 Å². The number of benzene rings is 2. The van der Waals surface area contributed by atoms with Gasteiger partial charge in [-0.25, -0.2) is 17.5 Å². The lowest BCUT2D eigenvalue weighted by molar-refractivity contribution is 0.249. The minimum atomic E-state index is -3.66. The molecule has 1 heterocycles. The summed E-state index contributed by atoms with van der Waals surface area (Å²) in [6.45, 7) is 3.28. The number of hydrogen-bond donors (Lipinski definition) is 1. The molecule has 0 bridgehead atoms. The van der Waals surface area contributed by atoms with Gasteiger partial charge in [-0.05, 0) is 55.1 Å². The molecule has 0 unspecified atom stereocenters. The van der Waals surface area contributed by atoms with E-state index in [4.69, 9.17) is 11.6 Å². The van der Waals surface area contributed by atoms with E-state index in [9.17, 15) is 12.8 Å². The maximum Gasteiger partial charge on any atom is 0.240 e. The zero-order chi connectivity index (χ0) is 18.6. The lowest BCUT2D eigenvalue weighted by atomic mass is 10.00. The van der Waals surface area contributed by atoms with Crippen molar-refractivity contribution in [1.82, 2.24) is 9.62 Å². The molecule has 0 aromatic heterocycles. The summed E-state index contributed by atoms with van der Waals surface area (Å²) in [6, 6.07) is 11.9. The van der Waals surface area contributed by atoms with Crippen LogP contribution >= 0.6 is 11.6 Å². The fourth-order valence-electron chi connectivity index (χ4n) is 3.14. The van der Waals surface area contributed by atoms with Gasteiger partial charge in [-0.2, -0.15) is 0 Å². The molecule has 0 aliphatic carbocycles. The molecule has 0 saturated heterocycles. The molecular formula is C19H22ClFN2O2S. The third-order valence-electron chi connectivity index (χ3n) is 4.60. The molecule has 0 saturated carbocycles. The highest BCUT2D eigenvalue weighted by Gasteiger charge is 2.17. The summed E-state index contributed by atoms with van der Waals surface area (Å²) in [5.74, 6) is -0.631. The summed E-state index contributed by atoms with van der Waals surface area (Å²) in [4.78, 5) is 2.38. The average molecular weight is 397 g/mol. The monoisotopic (exact) mass is 396 g/mol. The molecule has 2 aromatic carbocycles. The largest absolute Gasteiger partial charge is 0.299 e. The van der Waals surface area contributed by atoms with Crippen molar-refractivity contribution in [2.45, 2.75) is 30.7 Å². The number of hydrogen-bond acceptors (Lipinski definition) is 3. The smallest absolute Gasteiger partial charge is 0.240 e. The van der Waals surface area contributed by atoms with E-state index in [0.29, 0.717) is 6.54 Å². The van der Waals surface area contributed by atoms with Crippen molar-refractivity contribution in [2.75, 3.05) is 19.6 Å². The molecule has 140 valence electrons. The van der Waals surface area contributed by atoms with E-state index in [1.54, 1.807) is 0 Å². The number of halogens is 2. The molecule has 1 aliphatic heterocycles. The fraction of sp³-hybridized carbons (Fsp3) is 0.368. The highest BCUT2D eigenvalue weighted by atomic mass is 35.5. The number of rotatable bonds is 7. The van der Waals surface area contributed by atoms with Crippen LogP contribution in [0.4, 0.5) is 4.39 Å². The normalized spacial score (nSPS) is 15.0. The summed E-state index contributed by atoms with van der Waals surface area (Å²) in [5.41, 5.74) is 2.81. The summed E-state index contributed by atoms with van der Waals surface area (Å²) < 4.78 is 40.1. The standard InChI is InChI=1S/C19H22ClFN2O2S/c20-18-13-17(7-8-19(18)21)26(24,25)22-10-3-4-11-23-12-9-15-5-1-2-6-16(15)14-23/h1-2,5-8,13,22H,3-4,9-12,14H2. The molecule has 1 aliphatic rings. The number of sulfonamides is 1. The van der Waals surface area contributed by atoms with Crippen LogP contribution in [-0.2, 0) is 23.0 Å². The highest BCUT2D eigenvalue weighted by Crippen LogP contribution is 2.20. The molecule has 1 N–H and O–H groups in total. The van der Waals surface area contributed by atoms with Crippen molar-refractivity contribution < 1.29 is 12.8 Å². The van der Waals surface area contributed by atoms with Crippen LogP contribution in [0.15, 0.2) is 47.4 Å². The molecule has 2 aromatic rings. The summed E-state index contributed by atoms with van der Waals surface area (Å²) in [5, 5.41) is -0.196. The third-order valence-corrected chi connectivity index (χ3v) is 6.35. The Morgan fingerprint density at radius 2 is 1.88 bits per heavy atom. The molecule has 4 nitrogen and oxygen atoms in total. The summed E-state index contributed by atoms with van der Waals surface area (Å²) in [7, 11) is -3.66. The summed E-state index contributed by atoms with van der Waals surface area (Å²) in [6.07, 6.45) is 2.72. The second kappa shape index (κ2) is 8.48. The molecule has 7 heteroatoms. The number of unbranched alkanes of at least 4 members (excludes halogenated alkanes) is 1. The van der Waals surface area contributed by atoms with Crippen molar-refractivity contribution >= 4 is 21.6 Å². The van der Waals surface area contributed by atoms with Crippen molar-refractivity contribution in [3.63, 3.8) is 0 Å². The Hall–Kier alpha value is -1.47. The first-order valence-corrected chi connectivity index (χ1v) is 10.6. The van der Waals surface area contributed by atoms with Gasteiger partial charge in [0.05, 0.1) is 9.92 Å². The second-order valence-electron chi connectivity index (χ2n) is 6.48. The number of fused-ring (bicyclic) bond motifs is 1. The molecule has 0 atom stereocenters. The first kappa shape index (κ1) is 19.3. The zero-order valence-electron chi connectivity index (χ0n) is 14.4. The molecule has 26 heavy (non-hydrogen) atoms. The minimum Gasteiger partial charge on any atom is -0.299 e. The van der Waals surface area contributed by atoms with Crippen molar-refractivity contribution in [1.29, 1.82) is 0 Å². The van der Waals surface area contributed by atoms with Crippen LogP contribution in [0.3, 0.4) is 0 Å². The van der Waals surface area contributed by atoms with Gasteiger partial charge in [0.1, 0.15) is 5.82 Å². The van der Waals surface area contributed by atoms with Gasteiger partial charge in [0.15, 0.2) is 0 Å². The molecular weight excluding hydrogens is 375 g/mol. The Morgan fingerprint density at radius 3 is 2.65 bits per heavy atom. The van der Waals surface area contributed by atoms with Gasteiger partial charge < -0.3 is 0 Å². The Kier molecular flexibility index (Phi) is 6.29. The zero-order valence-corrected chi connectivity index (χ0v) is 16.0. The number of nitrogens with zero attached hydrogens (tertiary/aromatic N) is 1. The molecule has 0 fully saturated rings. The Morgan fingerprint density at radius 1 is 1.12 bits per heavy atom. The Bertz CT molecular complexity index is 874. The lowest BCUT2D eigenvalue weighted by Gasteiger charge is -2.28. The van der Waals surface area contributed by atoms with Gasteiger partial charge >= 0.3 is 0 Å². The van der Waals surface area contributed by atoms with E-state index in [1.165, 1.54) is 17.2 Å². The maximum absolute atomic E-state index is 13.2. The summed E-state index contributed by atoms with van der Waals surface area (Å²) >= 11 is 5.65. The van der Waals surface area contributed by atoms with Gasteiger partial charge in [-0.3, -0.25) is 4.90 Å². The van der Waals surface area contributed by atoms with E-state index < -0.39 is 15.8 Å². The lowest BCUT2D eigenvalue weighted by Crippen LogP contribution is -2.32. The van der Waals surface area contributed by atoms with Crippen molar-refractivity contribution in [3.8, 4) is 0 Å². The maximum atomic E-state index is 13.2. The van der Waals surface area contributed by atoms with Crippen LogP contribution in [0.2, 0.25) is 5.02 Å². The molecule has 0 spiro atoms. The fourth-order valence-corrected chi connectivity index (χ4v) is 4.48. The molecule has 0 amide bonds.